The maximum Gasteiger partial charge on any atom is 0.338 e. The molecule has 0 saturated heterocycles. The van der Waals surface area contributed by atoms with E-state index < -0.39 is 24.0 Å². The van der Waals surface area contributed by atoms with E-state index in [1.54, 1.807) is 25.1 Å². The summed E-state index contributed by atoms with van der Waals surface area (Å²) >= 11 is 0. The summed E-state index contributed by atoms with van der Waals surface area (Å²) in [5.74, 6) is -0.740. The number of carbonyl (C=O) groups is 3. The number of hydrogen-bond acceptors (Lipinski definition) is 5. The molecule has 142 valence electrons. The minimum Gasteiger partial charge on any atom is -0.481 e. The first-order chi connectivity index (χ1) is 13.0. The van der Waals surface area contributed by atoms with E-state index in [-0.39, 0.29) is 6.61 Å². The van der Waals surface area contributed by atoms with Gasteiger partial charge in [0.05, 0.1) is 12.2 Å². The lowest BCUT2D eigenvalue weighted by Crippen LogP contribution is -2.44. The van der Waals surface area contributed by atoms with Crippen molar-refractivity contribution in [2.45, 2.75) is 26.5 Å². The number of nitrogens with one attached hydrogen (secondary N) is 2. The number of esters is 1. The Balaban J connectivity index is 1.85. The Morgan fingerprint density at radius 1 is 1.04 bits per heavy atom. The normalized spacial score (nSPS) is 11.2. The molecule has 0 unspecified atom stereocenters. The molecule has 2 rings (SSSR count). The summed E-state index contributed by atoms with van der Waals surface area (Å²) in [5, 5.41) is 4.82. The Labute approximate surface area is 157 Å². The van der Waals surface area contributed by atoms with Crippen molar-refractivity contribution in [3.8, 4) is 5.75 Å². The Morgan fingerprint density at radius 3 is 2.48 bits per heavy atom. The van der Waals surface area contributed by atoms with Gasteiger partial charge >= 0.3 is 12.0 Å². The van der Waals surface area contributed by atoms with Gasteiger partial charge in [0.1, 0.15) is 5.75 Å². The predicted molar refractivity (Wildman–Crippen MR) is 99.3 cm³/mol. The van der Waals surface area contributed by atoms with Gasteiger partial charge in [-0.05, 0) is 37.6 Å². The van der Waals surface area contributed by atoms with Crippen LogP contribution in [-0.4, -0.2) is 30.6 Å². The molecular weight excluding hydrogens is 348 g/mol. The molecule has 7 nitrogen and oxygen atoms in total. The van der Waals surface area contributed by atoms with Crippen molar-refractivity contribution in [1.82, 2.24) is 10.6 Å². The molecule has 0 radical (unpaired) electrons. The zero-order chi connectivity index (χ0) is 19.6. The van der Waals surface area contributed by atoms with E-state index in [0.717, 1.165) is 5.56 Å². The third-order valence-corrected chi connectivity index (χ3v) is 3.56. The van der Waals surface area contributed by atoms with Crippen LogP contribution in [0.1, 0.15) is 29.8 Å². The van der Waals surface area contributed by atoms with E-state index in [4.69, 9.17) is 9.47 Å². The zero-order valence-corrected chi connectivity index (χ0v) is 15.2. The second kappa shape index (κ2) is 9.96. The van der Waals surface area contributed by atoms with Crippen molar-refractivity contribution < 1.29 is 23.9 Å². The summed E-state index contributed by atoms with van der Waals surface area (Å²) in [6.07, 6.45) is -0.926. The quantitative estimate of drug-likeness (QED) is 0.731. The average Bonchev–Trinajstić information content (AvgIpc) is 2.67. The summed E-state index contributed by atoms with van der Waals surface area (Å²) in [4.78, 5) is 35.7. The van der Waals surface area contributed by atoms with E-state index in [2.05, 4.69) is 10.6 Å². The van der Waals surface area contributed by atoms with Gasteiger partial charge < -0.3 is 14.8 Å². The molecule has 0 spiro atoms. The first kappa shape index (κ1) is 20.0. The lowest BCUT2D eigenvalue weighted by molar-refractivity contribution is -0.126. The minimum atomic E-state index is -0.926. The van der Waals surface area contributed by atoms with Crippen LogP contribution in [0, 0.1) is 0 Å². The van der Waals surface area contributed by atoms with Crippen molar-refractivity contribution in [3.63, 3.8) is 0 Å². The number of benzene rings is 2. The van der Waals surface area contributed by atoms with E-state index in [1.807, 2.05) is 30.3 Å². The minimum absolute atomic E-state index is 0.265. The van der Waals surface area contributed by atoms with Gasteiger partial charge in [0.15, 0.2) is 6.10 Å². The first-order valence-electron chi connectivity index (χ1n) is 8.56. The van der Waals surface area contributed by atoms with Gasteiger partial charge in [-0.1, -0.05) is 36.4 Å². The average molecular weight is 370 g/mol. The fraction of sp³-hybridized carbons (Fsp3) is 0.250. The third-order valence-electron chi connectivity index (χ3n) is 3.56. The monoisotopic (exact) mass is 370 g/mol. The molecule has 0 aliphatic heterocycles. The van der Waals surface area contributed by atoms with Crippen molar-refractivity contribution in [1.29, 1.82) is 0 Å². The molecule has 0 fully saturated rings. The third kappa shape index (κ3) is 6.47. The molecular formula is C20H22N2O5. The molecule has 3 amide bonds. The first-order valence-corrected chi connectivity index (χ1v) is 8.56. The number of carbonyl (C=O) groups excluding carboxylic acids is 3. The van der Waals surface area contributed by atoms with Gasteiger partial charge in [-0.25, -0.2) is 9.59 Å². The summed E-state index contributed by atoms with van der Waals surface area (Å²) in [6.45, 7) is 3.79. The molecule has 27 heavy (non-hydrogen) atoms. The number of urea groups is 1. The summed E-state index contributed by atoms with van der Waals surface area (Å²) in [6, 6.07) is 15.0. The molecule has 1 atom stereocenters. The molecule has 0 aliphatic carbocycles. The van der Waals surface area contributed by atoms with Crippen LogP contribution in [-0.2, 0) is 16.1 Å². The van der Waals surface area contributed by atoms with Crippen molar-refractivity contribution in [3.05, 3.63) is 65.7 Å². The molecule has 0 aromatic heterocycles. The smallest absolute Gasteiger partial charge is 0.338 e. The van der Waals surface area contributed by atoms with Gasteiger partial charge in [0.25, 0.3) is 5.91 Å². The number of rotatable bonds is 7. The van der Waals surface area contributed by atoms with E-state index in [1.165, 1.54) is 13.0 Å². The summed E-state index contributed by atoms with van der Waals surface area (Å²) in [5.41, 5.74) is 1.24. The van der Waals surface area contributed by atoms with Crippen LogP contribution in [0.4, 0.5) is 4.79 Å². The van der Waals surface area contributed by atoms with E-state index >= 15 is 0 Å². The fourth-order valence-electron chi connectivity index (χ4n) is 2.20. The number of hydrogen-bond donors (Lipinski definition) is 2. The Bertz CT molecular complexity index is 792. The van der Waals surface area contributed by atoms with Crippen molar-refractivity contribution in [2.24, 2.45) is 0 Å². The maximum atomic E-state index is 12.1. The van der Waals surface area contributed by atoms with Crippen LogP contribution in [0.5, 0.6) is 5.75 Å². The SMILES string of the molecule is CCOC(=O)c1cccc(O[C@@H](C)C(=O)NC(=O)NCc2ccccc2)c1. The molecule has 0 bridgehead atoms. The van der Waals surface area contributed by atoms with Gasteiger partial charge in [-0.3, -0.25) is 10.1 Å². The van der Waals surface area contributed by atoms with Gasteiger partial charge in [-0.15, -0.1) is 0 Å². The standard InChI is InChI=1S/C20H22N2O5/c1-3-26-19(24)16-10-7-11-17(12-16)27-14(2)18(23)22-20(25)21-13-15-8-5-4-6-9-15/h4-12,14H,3,13H2,1-2H3,(H2,21,22,23,25)/t14-/m0/s1. The lowest BCUT2D eigenvalue weighted by Gasteiger charge is -2.15. The molecule has 7 heteroatoms. The molecule has 0 aliphatic rings. The van der Waals surface area contributed by atoms with E-state index in [0.29, 0.717) is 17.9 Å². The number of imide groups is 1. The highest BCUT2D eigenvalue weighted by Gasteiger charge is 2.18. The van der Waals surface area contributed by atoms with Gasteiger partial charge in [0, 0.05) is 6.54 Å². The topological polar surface area (TPSA) is 93.7 Å². The highest BCUT2D eigenvalue weighted by Crippen LogP contribution is 2.16. The Morgan fingerprint density at radius 2 is 1.78 bits per heavy atom. The van der Waals surface area contributed by atoms with Crippen LogP contribution in [0.25, 0.3) is 0 Å². The molecule has 2 aromatic carbocycles. The van der Waals surface area contributed by atoms with Crippen molar-refractivity contribution in [2.75, 3.05) is 6.61 Å². The zero-order valence-electron chi connectivity index (χ0n) is 15.2. The molecule has 0 saturated carbocycles. The summed E-state index contributed by atoms with van der Waals surface area (Å²) < 4.78 is 10.4. The molecule has 0 heterocycles. The van der Waals surface area contributed by atoms with Gasteiger partial charge in [-0.2, -0.15) is 0 Å². The molecule has 2 aromatic rings. The second-order valence-electron chi connectivity index (χ2n) is 5.67. The largest absolute Gasteiger partial charge is 0.481 e. The Kier molecular flexibility index (Phi) is 7.37. The Hall–Kier alpha value is -3.35. The maximum absolute atomic E-state index is 12.1. The van der Waals surface area contributed by atoms with E-state index in [9.17, 15) is 14.4 Å². The number of ether oxygens (including phenoxy) is 2. The highest BCUT2D eigenvalue weighted by atomic mass is 16.5. The lowest BCUT2D eigenvalue weighted by atomic mass is 10.2. The molecule has 2 N–H and O–H groups in total. The van der Waals surface area contributed by atoms with Crippen LogP contribution in [0.2, 0.25) is 0 Å². The number of amides is 3. The van der Waals surface area contributed by atoms with Crippen LogP contribution in [0.15, 0.2) is 54.6 Å². The van der Waals surface area contributed by atoms with Crippen LogP contribution >= 0.6 is 0 Å². The van der Waals surface area contributed by atoms with Crippen molar-refractivity contribution >= 4 is 17.9 Å². The fourth-order valence-corrected chi connectivity index (χ4v) is 2.20. The van der Waals surface area contributed by atoms with Crippen LogP contribution in [0.3, 0.4) is 0 Å². The predicted octanol–water partition coefficient (Wildman–Crippen LogP) is 2.66. The second-order valence-corrected chi connectivity index (χ2v) is 5.67. The van der Waals surface area contributed by atoms with Crippen LogP contribution < -0.4 is 15.4 Å². The summed E-state index contributed by atoms with van der Waals surface area (Å²) in [7, 11) is 0. The highest BCUT2D eigenvalue weighted by molar-refractivity contribution is 5.96. The van der Waals surface area contributed by atoms with Gasteiger partial charge in [0.2, 0.25) is 0 Å².